The first-order valence-corrected chi connectivity index (χ1v) is 4.86. The van der Waals surface area contributed by atoms with Crippen LogP contribution in [-0.2, 0) is 9.53 Å². The van der Waals surface area contributed by atoms with Crippen molar-refractivity contribution in [1.82, 2.24) is 5.32 Å². The summed E-state index contributed by atoms with van der Waals surface area (Å²) in [5.74, 6) is -0.679. The maximum absolute atomic E-state index is 11.0. The van der Waals surface area contributed by atoms with Crippen LogP contribution < -0.4 is 11.1 Å². The van der Waals surface area contributed by atoms with Crippen molar-refractivity contribution in [2.24, 2.45) is 5.73 Å². The number of ether oxygens (including phenoxy) is 1. The molecule has 1 aliphatic heterocycles. The van der Waals surface area contributed by atoms with Gasteiger partial charge in [-0.2, -0.15) is 0 Å². The van der Waals surface area contributed by atoms with Crippen molar-refractivity contribution < 1.29 is 14.6 Å². The third-order valence-electron chi connectivity index (χ3n) is 2.89. The molecule has 1 aliphatic rings. The number of likely N-dealkylation sites (N-methyl/N-ethyl adjacent to an activating group) is 1. The SMILES string of the molecule is CNC1(C(O)C(N)=O)CCCOCC1. The summed E-state index contributed by atoms with van der Waals surface area (Å²) in [4.78, 5) is 11.0. The summed E-state index contributed by atoms with van der Waals surface area (Å²) in [6.45, 7) is 1.22. The van der Waals surface area contributed by atoms with Crippen LogP contribution in [0.5, 0.6) is 0 Å². The van der Waals surface area contributed by atoms with Gasteiger partial charge >= 0.3 is 0 Å². The first-order chi connectivity index (χ1) is 6.62. The van der Waals surface area contributed by atoms with E-state index in [0.717, 1.165) is 6.42 Å². The van der Waals surface area contributed by atoms with Gasteiger partial charge in [-0.15, -0.1) is 0 Å². The number of hydrogen-bond donors (Lipinski definition) is 3. The number of carbonyl (C=O) groups is 1. The Balaban J connectivity index is 2.76. The molecule has 4 N–H and O–H groups in total. The first-order valence-electron chi connectivity index (χ1n) is 4.86. The lowest BCUT2D eigenvalue weighted by atomic mass is 9.84. The second-order valence-electron chi connectivity index (χ2n) is 3.68. The molecule has 0 spiro atoms. The van der Waals surface area contributed by atoms with Gasteiger partial charge in [-0.3, -0.25) is 4.79 Å². The lowest BCUT2D eigenvalue weighted by molar-refractivity contribution is -0.130. The normalized spacial score (nSPS) is 30.7. The standard InChI is InChI=1S/C9H18N2O3/c1-11-9(7(12)8(10)13)3-2-5-14-6-4-9/h7,11-12H,2-6H2,1H3,(H2,10,13). The highest BCUT2D eigenvalue weighted by Crippen LogP contribution is 2.24. The molecule has 1 rings (SSSR count). The van der Waals surface area contributed by atoms with Crippen LogP contribution in [0.3, 0.4) is 0 Å². The van der Waals surface area contributed by atoms with Gasteiger partial charge in [0.2, 0.25) is 5.91 Å². The molecular formula is C9H18N2O3. The monoisotopic (exact) mass is 202 g/mol. The summed E-state index contributed by atoms with van der Waals surface area (Å²) in [5, 5.41) is 12.7. The summed E-state index contributed by atoms with van der Waals surface area (Å²) < 4.78 is 5.28. The van der Waals surface area contributed by atoms with Gasteiger partial charge in [0.25, 0.3) is 0 Å². The maximum Gasteiger partial charge on any atom is 0.248 e. The average Bonchev–Trinajstić information content (AvgIpc) is 2.42. The molecule has 0 aromatic heterocycles. The van der Waals surface area contributed by atoms with E-state index in [-0.39, 0.29) is 0 Å². The molecule has 1 fully saturated rings. The van der Waals surface area contributed by atoms with Crippen LogP contribution in [0.4, 0.5) is 0 Å². The molecule has 0 aliphatic carbocycles. The van der Waals surface area contributed by atoms with Crippen molar-refractivity contribution in [1.29, 1.82) is 0 Å². The summed E-state index contributed by atoms with van der Waals surface area (Å²) >= 11 is 0. The van der Waals surface area contributed by atoms with Crippen molar-refractivity contribution >= 4 is 5.91 Å². The van der Waals surface area contributed by atoms with Gasteiger partial charge in [0.05, 0.1) is 5.54 Å². The Morgan fingerprint density at radius 2 is 2.29 bits per heavy atom. The van der Waals surface area contributed by atoms with Crippen LogP contribution in [0.2, 0.25) is 0 Å². The summed E-state index contributed by atoms with van der Waals surface area (Å²) in [7, 11) is 1.73. The third kappa shape index (κ3) is 2.23. The fraction of sp³-hybridized carbons (Fsp3) is 0.889. The number of aliphatic hydroxyl groups excluding tert-OH is 1. The molecule has 2 unspecified atom stereocenters. The minimum atomic E-state index is -1.14. The van der Waals surface area contributed by atoms with Crippen molar-refractivity contribution in [3.8, 4) is 0 Å². The minimum Gasteiger partial charge on any atom is -0.381 e. The Morgan fingerprint density at radius 3 is 2.86 bits per heavy atom. The zero-order valence-electron chi connectivity index (χ0n) is 8.45. The van der Waals surface area contributed by atoms with Crippen molar-refractivity contribution in [2.75, 3.05) is 20.3 Å². The van der Waals surface area contributed by atoms with Crippen LogP contribution in [0.25, 0.3) is 0 Å². The highest BCUT2D eigenvalue weighted by Gasteiger charge is 2.40. The molecule has 1 saturated heterocycles. The number of nitrogens with two attached hydrogens (primary N) is 1. The molecule has 0 radical (unpaired) electrons. The van der Waals surface area contributed by atoms with Gasteiger partial charge in [0.15, 0.2) is 6.10 Å². The van der Waals surface area contributed by atoms with Gasteiger partial charge in [-0.25, -0.2) is 0 Å². The number of nitrogens with one attached hydrogen (secondary N) is 1. The van der Waals surface area contributed by atoms with Crippen LogP contribution in [0, 0.1) is 0 Å². The number of amides is 1. The summed E-state index contributed by atoms with van der Waals surface area (Å²) in [6.07, 6.45) is 0.987. The van der Waals surface area contributed by atoms with E-state index in [1.54, 1.807) is 7.05 Å². The Bertz CT molecular complexity index is 200. The van der Waals surface area contributed by atoms with E-state index in [0.29, 0.717) is 26.1 Å². The second kappa shape index (κ2) is 4.72. The minimum absolute atomic E-state index is 0.547. The predicted octanol–water partition coefficient (Wildman–Crippen LogP) is -1.01. The van der Waals surface area contributed by atoms with Gasteiger partial charge in [0.1, 0.15) is 0 Å². The van der Waals surface area contributed by atoms with Crippen molar-refractivity contribution in [3.63, 3.8) is 0 Å². The van der Waals surface area contributed by atoms with Gasteiger partial charge < -0.3 is 20.9 Å². The topological polar surface area (TPSA) is 84.6 Å². The third-order valence-corrected chi connectivity index (χ3v) is 2.89. The van der Waals surface area contributed by atoms with Crippen LogP contribution in [0.15, 0.2) is 0 Å². The highest BCUT2D eigenvalue weighted by atomic mass is 16.5. The Kier molecular flexibility index (Phi) is 3.86. The van der Waals surface area contributed by atoms with Crippen LogP contribution >= 0.6 is 0 Å². The van der Waals surface area contributed by atoms with E-state index in [4.69, 9.17) is 10.5 Å². The lowest BCUT2D eigenvalue weighted by Crippen LogP contribution is -2.58. The molecule has 0 bridgehead atoms. The average molecular weight is 202 g/mol. The molecule has 82 valence electrons. The smallest absolute Gasteiger partial charge is 0.248 e. The highest BCUT2D eigenvalue weighted by molar-refractivity contribution is 5.80. The molecule has 1 amide bonds. The molecule has 14 heavy (non-hydrogen) atoms. The van der Waals surface area contributed by atoms with E-state index in [9.17, 15) is 9.90 Å². The zero-order chi connectivity index (χ0) is 10.6. The molecular weight excluding hydrogens is 184 g/mol. The molecule has 1 heterocycles. The zero-order valence-corrected chi connectivity index (χ0v) is 8.45. The lowest BCUT2D eigenvalue weighted by Gasteiger charge is -2.35. The maximum atomic E-state index is 11.0. The Morgan fingerprint density at radius 1 is 1.57 bits per heavy atom. The number of hydrogen-bond acceptors (Lipinski definition) is 4. The van der Waals surface area contributed by atoms with Gasteiger partial charge in [-0.1, -0.05) is 0 Å². The summed E-state index contributed by atoms with van der Waals surface area (Å²) in [6, 6.07) is 0. The van der Waals surface area contributed by atoms with Crippen LogP contribution in [-0.4, -0.2) is 42.9 Å². The second-order valence-corrected chi connectivity index (χ2v) is 3.68. The summed E-state index contributed by atoms with van der Waals surface area (Å²) in [5.41, 5.74) is 4.50. The van der Waals surface area contributed by atoms with Crippen LogP contribution in [0.1, 0.15) is 19.3 Å². The van der Waals surface area contributed by atoms with E-state index in [2.05, 4.69) is 5.32 Å². The predicted molar refractivity (Wildman–Crippen MR) is 51.7 cm³/mol. The fourth-order valence-corrected chi connectivity index (χ4v) is 1.90. The van der Waals surface area contributed by atoms with Gasteiger partial charge in [-0.05, 0) is 26.3 Å². The van der Waals surface area contributed by atoms with Crippen molar-refractivity contribution in [2.45, 2.75) is 30.9 Å². The number of rotatable bonds is 3. The molecule has 5 nitrogen and oxygen atoms in total. The molecule has 0 saturated carbocycles. The van der Waals surface area contributed by atoms with Crippen molar-refractivity contribution in [3.05, 3.63) is 0 Å². The Hall–Kier alpha value is -0.650. The fourth-order valence-electron chi connectivity index (χ4n) is 1.90. The number of aliphatic hydroxyl groups is 1. The number of primary amides is 1. The first kappa shape index (κ1) is 11.4. The largest absolute Gasteiger partial charge is 0.381 e. The number of carbonyl (C=O) groups excluding carboxylic acids is 1. The Labute approximate surface area is 83.6 Å². The van der Waals surface area contributed by atoms with E-state index < -0.39 is 17.6 Å². The molecule has 5 heteroatoms. The molecule has 0 aromatic carbocycles. The van der Waals surface area contributed by atoms with E-state index in [1.807, 2.05) is 0 Å². The van der Waals surface area contributed by atoms with E-state index in [1.165, 1.54) is 0 Å². The van der Waals surface area contributed by atoms with Gasteiger partial charge in [0, 0.05) is 13.2 Å². The quantitative estimate of drug-likeness (QED) is 0.547. The molecule has 0 aromatic rings. The molecule has 2 atom stereocenters. The van der Waals surface area contributed by atoms with E-state index >= 15 is 0 Å².